The summed E-state index contributed by atoms with van der Waals surface area (Å²) in [5, 5.41) is 56.9. The Morgan fingerprint density at radius 2 is 1.09 bits per heavy atom. The van der Waals surface area contributed by atoms with E-state index >= 15 is 0 Å². The maximum atomic E-state index is 10.3. The summed E-state index contributed by atoms with van der Waals surface area (Å²) in [5.74, 6) is 0. The molecular formula is C54H102N4O8Si. The molecular weight excluding hydrogens is 861 g/mol. The van der Waals surface area contributed by atoms with Crippen LogP contribution in [-0.4, -0.2) is 118 Å². The predicted octanol–water partition coefficient (Wildman–Crippen LogP) is 11.4. The van der Waals surface area contributed by atoms with E-state index in [2.05, 4.69) is 90.8 Å². The molecule has 1 aromatic heterocycles. The lowest BCUT2D eigenvalue weighted by atomic mass is 10.0. The summed E-state index contributed by atoms with van der Waals surface area (Å²) in [6.45, 7) is 10.9. The van der Waals surface area contributed by atoms with Gasteiger partial charge in [-0.1, -0.05) is 151 Å². The molecule has 0 amide bonds. The highest BCUT2D eigenvalue weighted by atomic mass is 28.4. The largest absolute Gasteiger partial charge is 0.394 e. The van der Waals surface area contributed by atoms with Gasteiger partial charge in [-0.05, 0) is 123 Å². The zero-order valence-corrected chi connectivity index (χ0v) is 44.4. The second-order valence-corrected chi connectivity index (χ2v) is 22.5. The fourth-order valence-corrected chi connectivity index (χ4v) is 9.35. The lowest BCUT2D eigenvalue weighted by molar-refractivity contribution is -0.118. The molecule has 0 aromatic carbocycles. The van der Waals surface area contributed by atoms with Crippen LogP contribution in [-0.2, 0) is 26.7 Å². The summed E-state index contributed by atoms with van der Waals surface area (Å²) in [5.41, 5.74) is 0.722. The number of rotatable bonds is 48. The van der Waals surface area contributed by atoms with Crippen LogP contribution in [0.25, 0.3) is 0 Å². The van der Waals surface area contributed by atoms with Crippen molar-refractivity contribution in [3.8, 4) is 0 Å². The summed E-state index contributed by atoms with van der Waals surface area (Å²) in [6.07, 6.45) is 47.2. The van der Waals surface area contributed by atoms with Crippen molar-refractivity contribution < 1.29 is 39.1 Å². The second-order valence-electron chi connectivity index (χ2n) is 19.2. The SMILES string of the molecule is CCCCC/C=C\C/C=C\CCCCCCCCOC(CCCCCCC/C=C\C/C=C\CCCCC)O[Si](C)(C)OCCCCCCN(C)Cc1cn(CC(O)C(O)C(O)C(O)CO)nn1. The van der Waals surface area contributed by atoms with Gasteiger partial charge in [0, 0.05) is 26.0 Å². The predicted molar refractivity (Wildman–Crippen MR) is 279 cm³/mol. The van der Waals surface area contributed by atoms with Crippen LogP contribution in [0.4, 0.5) is 0 Å². The van der Waals surface area contributed by atoms with E-state index in [-0.39, 0.29) is 12.8 Å². The van der Waals surface area contributed by atoms with Gasteiger partial charge in [-0.25, -0.2) is 4.68 Å². The summed E-state index contributed by atoms with van der Waals surface area (Å²) in [7, 11) is -0.346. The fraction of sp³-hybridized carbons (Fsp3) is 0.815. The van der Waals surface area contributed by atoms with Crippen LogP contribution in [0, 0.1) is 0 Å². The van der Waals surface area contributed by atoms with Gasteiger partial charge in [0.25, 0.3) is 0 Å². The van der Waals surface area contributed by atoms with Gasteiger partial charge >= 0.3 is 8.56 Å². The molecule has 1 aromatic rings. The molecule has 1 rings (SSSR count). The van der Waals surface area contributed by atoms with Crippen molar-refractivity contribution in [3.63, 3.8) is 0 Å². The fourth-order valence-electron chi connectivity index (χ4n) is 7.83. The van der Waals surface area contributed by atoms with Gasteiger partial charge in [-0.15, -0.1) is 5.10 Å². The molecule has 0 radical (unpaired) electrons. The number of hydrogen-bond acceptors (Lipinski definition) is 11. The second kappa shape index (κ2) is 43.9. The van der Waals surface area contributed by atoms with Crippen molar-refractivity contribution in [1.82, 2.24) is 19.9 Å². The van der Waals surface area contributed by atoms with Crippen molar-refractivity contribution in [3.05, 3.63) is 60.5 Å². The highest BCUT2D eigenvalue weighted by Crippen LogP contribution is 2.19. The van der Waals surface area contributed by atoms with Gasteiger partial charge in [0.05, 0.1) is 18.8 Å². The molecule has 5 atom stereocenters. The van der Waals surface area contributed by atoms with E-state index in [1.165, 1.54) is 127 Å². The zero-order chi connectivity index (χ0) is 49.1. The van der Waals surface area contributed by atoms with E-state index < -0.39 is 39.6 Å². The summed E-state index contributed by atoms with van der Waals surface area (Å²) in [4.78, 5) is 2.17. The average molecular weight is 964 g/mol. The first-order valence-corrected chi connectivity index (χ1v) is 29.8. The average Bonchev–Trinajstić information content (AvgIpc) is 3.75. The molecule has 0 aliphatic carbocycles. The highest BCUT2D eigenvalue weighted by Gasteiger charge is 2.31. The minimum absolute atomic E-state index is 0.110. The molecule has 12 nitrogen and oxygen atoms in total. The molecule has 0 saturated heterocycles. The Labute approximate surface area is 410 Å². The first-order valence-electron chi connectivity index (χ1n) is 27.0. The number of nitrogens with zero attached hydrogens (tertiary/aromatic N) is 4. The van der Waals surface area contributed by atoms with E-state index in [0.29, 0.717) is 13.2 Å². The van der Waals surface area contributed by atoms with Crippen molar-refractivity contribution in [2.24, 2.45) is 0 Å². The molecule has 0 fully saturated rings. The van der Waals surface area contributed by atoms with Gasteiger partial charge in [0.2, 0.25) is 0 Å². The number of unbranched alkanes of at least 4 members (excludes halogenated alkanes) is 20. The standard InChI is InChI=1S/C54H102N4O8Si/c1-6-8-10-12-14-16-18-20-22-24-26-28-30-32-35-39-43-64-52(41-37-33-31-29-27-25-23-21-19-17-15-13-11-9-7-2)66-67(4,5)65-44-40-36-34-38-42-57(3)45-49-46-58(56-55-49)47-50(60)53(62)54(63)51(61)48-59/h14-17,20-23,46,50-54,59-63H,6-13,18-19,24-45,47-48H2,1-5H3/b16-14-,17-15-,22-20-,23-21-. The van der Waals surface area contributed by atoms with E-state index in [1.807, 2.05) is 7.05 Å². The first kappa shape index (κ1) is 63.0. The molecule has 0 aliphatic heterocycles. The Balaban J connectivity index is 2.39. The van der Waals surface area contributed by atoms with E-state index in [9.17, 15) is 20.4 Å². The lowest BCUT2D eigenvalue weighted by Gasteiger charge is -2.29. The smallest absolute Gasteiger partial charge is 0.333 e. The minimum Gasteiger partial charge on any atom is -0.394 e. The van der Waals surface area contributed by atoms with Gasteiger partial charge in [-0.2, -0.15) is 0 Å². The molecule has 0 spiro atoms. The lowest BCUT2D eigenvalue weighted by Crippen LogP contribution is -2.47. The number of ether oxygens (including phenoxy) is 1. The third kappa shape index (κ3) is 37.5. The minimum atomic E-state index is -2.38. The number of hydrogen-bond donors (Lipinski definition) is 5. The van der Waals surface area contributed by atoms with Gasteiger partial charge < -0.3 is 44.0 Å². The monoisotopic (exact) mass is 963 g/mol. The van der Waals surface area contributed by atoms with E-state index in [4.69, 9.17) is 18.7 Å². The summed E-state index contributed by atoms with van der Waals surface area (Å²) < 4.78 is 20.9. The normalized spacial score (nSPS) is 15.0. The van der Waals surface area contributed by atoms with Crippen LogP contribution in [0.15, 0.2) is 54.8 Å². The molecule has 13 heteroatoms. The molecule has 0 bridgehead atoms. The molecule has 67 heavy (non-hydrogen) atoms. The highest BCUT2D eigenvalue weighted by molar-refractivity contribution is 6.64. The Bertz CT molecular complexity index is 1360. The number of aromatic nitrogens is 3. The van der Waals surface area contributed by atoms with Crippen LogP contribution in [0.3, 0.4) is 0 Å². The van der Waals surface area contributed by atoms with E-state index in [1.54, 1.807) is 6.20 Å². The molecule has 390 valence electrons. The third-order valence-electron chi connectivity index (χ3n) is 12.1. The van der Waals surface area contributed by atoms with Gasteiger partial charge in [0.1, 0.15) is 30.7 Å². The maximum Gasteiger partial charge on any atom is 0.333 e. The Kier molecular flexibility index (Phi) is 41.3. The van der Waals surface area contributed by atoms with Crippen LogP contribution in [0.1, 0.15) is 199 Å². The number of allylic oxidation sites excluding steroid dienone is 8. The van der Waals surface area contributed by atoms with E-state index in [0.717, 1.165) is 76.6 Å². The van der Waals surface area contributed by atoms with Crippen molar-refractivity contribution in [1.29, 1.82) is 0 Å². The molecule has 0 aliphatic rings. The first-order chi connectivity index (χ1) is 32.5. The zero-order valence-electron chi connectivity index (χ0n) is 43.4. The van der Waals surface area contributed by atoms with Crippen molar-refractivity contribution >= 4 is 8.56 Å². The van der Waals surface area contributed by atoms with Crippen LogP contribution >= 0.6 is 0 Å². The topological polar surface area (TPSA) is 163 Å². The van der Waals surface area contributed by atoms with Crippen LogP contribution < -0.4 is 0 Å². The Morgan fingerprint density at radius 1 is 0.612 bits per heavy atom. The summed E-state index contributed by atoms with van der Waals surface area (Å²) >= 11 is 0. The maximum absolute atomic E-state index is 10.3. The third-order valence-corrected chi connectivity index (χ3v) is 13.8. The molecule has 5 N–H and O–H groups in total. The molecule has 0 saturated carbocycles. The van der Waals surface area contributed by atoms with Crippen LogP contribution in [0.2, 0.25) is 13.1 Å². The van der Waals surface area contributed by atoms with Crippen LogP contribution in [0.5, 0.6) is 0 Å². The number of aliphatic hydroxyl groups is 5. The molecule has 1 heterocycles. The van der Waals surface area contributed by atoms with Gasteiger partial charge in [-0.3, -0.25) is 0 Å². The quantitative estimate of drug-likeness (QED) is 0.0183. The van der Waals surface area contributed by atoms with Crippen molar-refractivity contribution in [2.45, 2.75) is 251 Å². The Morgan fingerprint density at radius 3 is 1.64 bits per heavy atom. The Hall–Kier alpha value is -2.04. The molecule has 5 unspecified atom stereocenters. The number of aliphatic hydroxyl groups excluding tert-OH is 5. The van der Waals surface area contributed by atoms with Crippen molar-refractivity contribution in [2.75, 3.05) is 33.4 Å². The van der Waals surface area contributed by atoms with Gasteiger partial charge in [0.15, 0.2) is 0 Å². The summed E-state index contributed by atoms with van der Waals surface area (Å²) in [6, 6.07) is 0.